The standard InChI is InChI=1S/C71H137NO5/c1-3-5-7-9-11-13-15-16-17-38-41-45-49-53-57-61-65-71(76)77-66-62-58-54-50-46-42-39-36-34-32-30-28-26-24-22-20-18-19-21-23-25-27-29-31-33-35-37-40-44-48-52-56-60-64-70(75)72-68(67-73)69(74)63-59-55-51-47-43-14-12-10-8-6-4-2/h22,24,59,63,68-69,73-74H,3-21,23,25-58,60-62,64-67H2,1-2H3,(H,72,75)/b24-22-,63-59+. The number of unbranched alkanes of at least 4 members (excludes halogenated alkanes) is 53. The number of amides is 1. The molecule has 0 aromatic heterocycles. The van der Waals surface area contributed by atoms with Crippen LogP contribution in [0.3, 0.4) is 0 Å². The van der Waals surface area contributed by atoms with Crippen LogP contribution in [0.1, 0.15) is 393 Å². The molecule has 2 unspecified atom stereocenters. The van der Waals surface area contributed by atoms with Gasteiger partial charge in [0.05, 0.1) is 25.4 Å². The summed E-state index contributed by atoms with van der Waals surface area (Å²) in [5.74, 6) is -0.0421. The van der Waals surface area contributed by atoms with Gasteiger partial charge in [0.2, 0.25) is 5.91 Å². The number of aliphatic hydroxyl groups is 2. The molecule has 0 aliphatic heterocycles. The molecule has 0 saturated heterocycles. The summed E-state index contributed by atoms with van der Waals surface area (Å²) in [5.41, 5.74) is 0. The molecule has 0 aliphatic rings. The molecule has 0 bridgehead atoms. The number of carbonyl (C=O) groups is 2. The maximum absolute atomic E-state index is 12.4. The highest BCUT2D eigenvalue weighted by atomic mass is 16.5. The van der Waals surface area contributed by atoms with Crippen LogP contribution in [-0.2, 0) is 14.3 Å². The van der Waals surface area contributed by atoms with Crippen LogP contribution in [0.2, 0.25) is 0 Å². The average molecular weight is 1080 g/mol. The second kappa shape index (κ2) is 66.8. The Morgan fingerprint density at radius 3 is 0.922 bits per heavy atom. The van der Waals surface area contributed by atoms with Gasteiger partial charge in [0.15, 0.2) is 0 Å². The number of hydrogen-bond donors (Lipinski definition) is 3. The third-order valence-electron chi connectivity index (χ3n) is 16.5. The van der Waals surface area contributed by atoms with E-state index in [9.17, 15) is 19.8 Å². The van der Waals surface area contributed by atoms with E-state index < -0.39 is 12.1 Å². The highest BCUT2D eigenvalue weighted by Gasteiger charge is 2.18. The van der Waals surface area contributed by atoms with Crippen molar-refractivity contribution in [3.63, 3.8) is 0 Å². The molecule has 0 rings (SSSR count). The van der Waals surface area contributed by atoms with Crippen LogP contribution >= 0.6 is 0 Å². The van der Waals surface area contributed by atoms with E-state index in [-0.39, 0.29) is 18.5 Å². The van der Waals surface area contributed by atoms with E-state index in [2.05, 4.69) is 31.3 Å². The van der Waals surface area contributed by atoms with Crippen molar-refractivity contribution in [1.82, 2.24) is 5.32 Å². The number of rotatable bonds is 66. The first-order valence-corrected chi connectivity index (χ1v) is 35.1. The van der Waals surface area contributed by atoms with Crippen molar-refractivity contribution in [2.45, 2.75) is 405 Å². The minimum absolute atomic E-state index is 0.0224. The topological polar surface area (TPSA) is 95.9 Å². The predicted octanol–water partition coefficient (Wildman–Crippen LogP) is 22.5. The van der Waals surface area contributed by atoms with Crippen molar-refractivity contribution in [2.75, 3.05) is 13.2 Å². The molecular weight excluding hydrogens is 947 g/mol. The maximum atomic E-state index is 12.4. The first-order valence-electron chi connectivity index (χ1n) is 35.1. The lowest BCUT2D eigenvalue weighted by molar-refractivity contribution is -0.143. The van der Waals surface area contributed by atoms with E-state index in [1.54, 1.807) is 6.08 Å². The van der Waals surface area contributed by atoms with Gasteiger partial charge in [-0.2, -0.15) is 0 Å². The van der Waals surface area contributed by atoms with Crippen molar-refractivity contribution < 1.29 is 24.5 Å². The van der Waals surface area contributed by atoms with Crippen molar-refractivity contribution in [1.29, 1.82) is 0 Å². The van der Waals surface area contributed by atoms with Gasteiger partial charge in [-0.1, -0.05) is 346 Å². The second-order valence-corrected chi connectivity index (χ2v) is 24.2. The molecule has 0 heterocycles. The zero-order valence-electron chi connectivity index (χ0n) is 52.2. The molecule has 0 radical (unpaired) electrons. The van der Waals surface area contributed by atoms with Gasteiger partial charge in [-0.05, 0) is 57.8 Å². The Balaban J connectivity index is 3.32. The maximum Gasteiger partial charge on any atom is 0.305 e. The number of esters is 1. The average Bonchev–Trinajstić information content (AvgIpc) is 3.43. The van der Waals surface area contributed by atoms with Crippen molar-refractivity contribution >= 4 is 11.9 Å². The summed E-state index contributed by atoms with van der Waals surface area (Å²) in [6.45, 7) is 4.92. The summed E-state index contributed by atoms with van der Waals surface area (Å²) in [7, 11) is 0. The van der Waals surface area contributed by atoms with Crippen LogP contribution in [0.25, 0.3) is 0 Å². The van der Waals surface area contributed by atoms with Crippen LogP contribution in [0.4, 0.5) is 0 Å². The lowest BCUT2D eigenvalue weighted by Gasteiger charge is -2.20. The molecule has 6 heteroatoms. The lowest BCUT2D eigenvalue weighted by atomic mass is 10.0. The number of aliphatic hydroxyl groups excluding tert-OH is 2. The molecule has 0 fully saturated rings. The quantitative estimate of drug-likeness (QED) is 0.0320. The largest absolute Gasteiger partial charge is 0.466 e. The Morgan fingerprint density at radius 2 is 0.610 bits per heavy atom. The van der Waals surface area contributed by atoms with Gasteiger partial charge >= 0.3 is 5.97 Å². The molecule has 2 atom stereocenters. The molecule has 77 heavy (non-hydrogen) atoms. The van der Waals surface area contributed by atoms with Crippen LogP contribution in [0.15, 0.2) is 24.3 Å². The minimum Gasteiger partial charge on any atom is -0.466 e. The van der Waals surface area contributed by atoms with Crippen LogP contribution in [0, 0.1) is 0 Å². The first kappa shape index (κ1) is 75.3. The van der Waals surface area contributed by atoms with Gasteiger partial charge in [-0.25, -0.2) is 0 Å². The predicted molar refractivity (Wildman–Crippen MR) is 338 cm³/mol. The summed E-state index contributed by atoms with van der Waals surface area (Å²) < 4.78 is 5.50. The zero-order valence-corrected chi connectivity index (χ0v) is 52.2. The molecule has 0 aromatic carbocycles. The summed E-state index contributed by atoms with van der Waals surface area (Å²) in [6, 6.07) is -0.624. The van der Waals surface area contributed by atoms with Gasteiger partial charge in [0, 0.05) is 12.8 Å². The number of nitrogens with one attached hydrogen (secondary N) is 1. The molecule has 0 spiro atoms. The van der Waals surface area contributed by atoms with Crippen molar-refractivity contribution in [2.24, 2.45) is 0 Å². The minimum atomic E-state index is -0.840. The SMILES string of the molecule is CCCCCCCCCCC/C=C/C(O)C(CO)NC(=O)CCCCCCCCCCCCCCCCCCC/C=C\CCCCCCCCCCCCCCOC(=O)CCCCCCCCCCCCCCCCCC. The molecule has 6 nitrogen and oxygen atoms in total. The highest BCUT2D eigenvalue weighted by Crippen LogP contribution is 2.19. The van der Waals surface area contributed by atoms with E-state index in [1.165, 1.54) is 327 Å². The van der Waals surface area contributed by atoms with Gasteiger partial charge in [0.1, 0.15) is 0 Å². The summed E-state index contributed by atoms with van der Waals surface area (Å²) in [5, 5.41) is 23.1. The third kappa shape index (κ3) is 63.4. The van der Waals surface area contributed by atoms with E-state index in [0.29, 0.717) is 19.4 Å². The van der Waals surface area contributed by atoms with Gasteiger partial charge in [-0.15, -0.1) is 0 Å². The van der Waals surface area contributed by atoms with Crippen molar-refractivity contribution in [3.05, 3.63) is 24.3 Å². The molecule has 0 aliphatic carbocycles. The second-order valence-electron chi connectivity index (χ2n) is 24.2. The highest BCUT2D eigenvalue weighted by molar-refractivity contribution is 5.76. The fourth-order valence-electron chi connectivity index (χ4n) is 11.1. The van der Waals surface area contributed by atoms with Gasteiger partial charge in [0.25, 0.3) is 0 Å². The molecule has 0 aromatic rings. The van der Waals surface area contributed by atoms with E-state index in [1.807, 2.05) is 6.08 Å². The van der Waals surface area contributed by atoms with E-state index in [0.717, 1.165) is 38.5 Å². The summed E-state index contributed by atoms with van der Waals surface area (Å²) >= 11 is 0. The van der Waals surface area contributed by atoms with E-state index >= 15 is 0 Å². The van der Waals surface area contributed by atoms with Gasteiger partial charge < -0.3 is 20.3 Å². The number of ether oxygens (including phenoxy) is 1. The van der Waals surface area contributed by atoms with Crippen molar-refractivity contribution in [3.8, 4) is 0 Å². The fraction of sp³-hybridized carbons (Fsp3) is 0.915. The third-order valence-corrected chi connectivity index (χ3v) is 16.5. The molecular formula is C71H137NO5. The molecule has 456 valence electrons. The Kier molecular flexibility index (Phi) is 65.4. The summed E-state index contributed by atoms with van der Waals surface area (Å²) in [6.07, 6.45) is 84.2. The normalized spacial score (nSPS) is 12.6. The fourth-order valence-corrected chi connectivity index (χ4v) is 11.1. The number of carbonyl (C=O) groups excluding carboxylic acids is 2. The Morgan fingerprint density at radius 1 is 0.351 bits per heavy atom. The first-order chi connectivity index (χ1) is 38.0. The monoisotopic (exact) mass is 1080 g/mol. The summed E-state index contributed by atoms with van der Waals surface area (Å²) in [4.78, 5) is 24.5. The zero-order chi connectivity index (χ0) is 55.7. The van der Waals surface area contributed by atoms with Gasteiger partial charge in [-0.3, -0.25) is 9.59 Å². The Labute approximate surface area is 481 Å². The van der Waals surface area contributed by atoms with Crippen LogP contribution < -0.4 is 5.32 Å². The number of allylic oxidation sites excluding steroid dienone is 3. The molecule has 3 N–H and O–H groups in total. The lowest BCUT2D eigenvalue weighted by Crippen LogP contribution is -2.45. The Bertz CT molecular complexity index is 1200. The smallest absolute Gasteiger partial charge is 0.305 e. The van der Waals surface area contributed by atoms with Crippen LogP contribution in [-0.4, -0.2) is 47.4 Å². The molecule has 0 saturated carbocycles. The molecule has 1 amide bonds. The Hall–Kier alpha value is -1.66. The van der Waals surface area contributed by atoms with E-state index in [4.69, 9.17) is 4.74 Å². The number of hydrogen-bond acceptors (Lipinski definition) is 5. The van der Waals surface area contributed by atoms with Crippen LogP contribution in [0.5, 0.6) is 0 Å².